The van der Waals surface area contributed by atoms with Gasteiger partial charge in [-0.15, -0.1) is 12.4 Å². The van der Waals surface area contributed by atoms with Gasteiger partial charge in [-0.1, -0.05) is 0 Å². The number of amides is 2. The number of anilines is 1. The van der Waals surface area contributed by atoms with E-state index in [9.17, 15) is 9.59 Å². The van der Waals surface area contributed by atoms with Crippen LogP contribution in [-0.4, -0.2) is 49.6 Å². The molecular weight excluding hydrogens is 306 g/mol. The van der Waals surface area contributed by atoms with E-state index in [1.165, 1.54) is 7.11 Å². The van der Waals surface area contributed by atoms with Gasteiger partial charge in [-0.25, -0.2) is 0 Å². The van der Waals surface area contributed by atoms with Gasteiger partial charge in [0.2, 0.25) is 5.91 Å². The van der Waals surface area contributed by atoms with Crippen molar-refractivity contribution in [3.05, 3.63) is 29.8 Å². The van der Waals surface area contributed by atoms with Gasteiger partial charge in [0.25, 0.3) is 5.91 Å². The normalized spacial score (nSPS) is 11.3. The number of nitrogens with one attached hydrogen (secondary N) is 1. The number of rotatable bonds is 7. The van der Waals surface area contributed by atoms with Crippen LogP contribution in [0.25, 0.3) is 0 Å². The Morgan fingerprint density at radius 1 is 1.23 bits per heavy atom. The number of benzene rings is 1. The van der Waals surface area contributed by atoms with E-state index in [2.05, 4.69) is 5.32 Å². The lowest BCUT2D eigenvalue weighted by Gasteiger charge is -2.18. The summed E-state index contributed by atoms with van der Waals surface area (Å²) in [5, 5.41) is 2.68. The van der Waals surface area contributed by atoms with Crippen molar-refractivity contribution in [2.75, 3.05) is 32.1 Å². The fourth-order valence-electron chi connectivity index (χ4n) is 1.88. The maximum Gasteiger partial charge on any atom is 0.253 e. The maximum atomic E-state index is 12.1. The smallest absolute Gasteiger partial charge is 0.253 e. The first-order valence-electron chi connectivity index (χ1n) is 6.98. The molecule has 1 aromatic rings. The summed E-state index contributed by atoms with van der Waals surface area (Å²) in [6.07, 6.45) is 0. The Labute approximate surface area is 137 Å². The summed E-state index contributed by atoms with van der Waals surface area (Å²) in [6, 6.07) is 6.05. The summed E-state index contributed by atoms with van der Waals surface area (Å²) < 4.78 is 4.83. The van der Waals surface area contributed by atoms with Gasteiger partial charge in [0.05, 0.1) is 6.61 Å². The summed E-state index contributed by atoms with van der Waals surface area (Å²) in [7, 11) is 1.49. The molecule has 0 radical (unpaired) electrons. The molecule has 22 heavy (non-hydrogen) atoms. The van der Waals surface area contributed by atoms with Crippen molar-refractivity contribution in [2.45, 2.75) is 19.9 Å². The second-order valence-corrected chi connectivity index (χ2v) is 4.61. The monoisotopic (exact) mass is 329 g/mol. The number of hydrogen-bond donors (Lipinski definition) is 2. The standard InChI is InChI=1S/C15H23N3O3.ClH/c1-4-18(5-2)15(20)11-6-8-12(9-7-11)17-14(19)13(16)10-21-3;/h6-9,13H,4-5,10,16H2,1-3H3,(H,17,19);1H. The molecule has 3 N–H and O–H groups in total. The maximum absolute atomic E-state index is 12.1. The van der Waals surface area contributed by atoms with E-state index in [1.807, 2.05) is 13.8 Å². The highest BCUT2D eigenvalue weighted by atomic mass is 35.5. The highest BCUT2D eigenvalue weighted by molar-refractivity contribution is 5.97. The third-order valence-corrected chi connectivity index (χ3v) is 3.13. The molecule has 0 saturated carbocycles. The van der Waals surface area contributed by atoms with Crippen LogP contribution in [0, 0.1) is 0 Å². The lowest BCUT2D eigenvalue weighted by molar-refractivity contribution is -0.118. The highest BCUT2D eigenvalue weighted by Crippen LogP contribution is 2.12. The molecule has 0 aromatic heterocycles. The molecule has 7 heteroatoms. The fraction of sp³-hybridized carbons (Fsp3) is 0.467. The molecule has 1 aromatic carbocycles. The third kappa shape index (κ3) is 5.63. The number of carbonyl (C=O) groups is 2. The number of nitrogens with zero attached hydrogens (tertiary/aromatic N) is 1. The number of hydrogen-bond acceptors (Lipinski definition) is 4. The van der Waals surface area contributed by atoms with Crippen LogP contribution in [0.3, 0.4) is 0 Å². The summed E-state index contributed by atoms with van der Waals surface area (Å²) in [5.41, 5.74) is 6.83. The topological polar surface area (TPSA) is 84.7 Å². The number of halogens is 1. The molecule has 2 amide bonds. The van der Waals surface area contributed by atoms with Crippen molar-refractivity contribution in [3.63, 3.8) is 0 Å². The first-order valence-corrected chi connectivity index (χ1v) is 6.98. The Morgan fingerprint density at radius 2 is 1.77 bits per heavy atom. The van der Waals surface area contributed by atoms with Crippen LogP contribution in [0.1, 0.15) is 24.2 Å². The number of methoxy groups -OCH3 is 1. The van der Waals surface area contributed by atoms with Gasteiger partial charge >= 0.3 is 0 Å². The highest BCUT2D eigenvalue weighted by Gasteiger charge is 2.14. The van der Waals surface area contributed by atoms with Crippen LogP contribution < -0.4 is 11.1 Å². The molecule has 1 rings (SSSR count). The summed E-state index contributed by atoms with van der Waals surface area (Å²) >= 11 is 0. The number of ether oxygens (including phenoxy) is 1. The zero-order valence-electron chi connectivity index (χ0n) is 13.2. The van der Waals surface area contributed by atoms with Gasteiger partial charge < -0.3 is 20.7 Å². The van der Waals surface area contributed by atoms with Crippen LogP contribution in [0.5, 0.6) is 0 Å². The predicted octanol–water partition coefficient (Wildman–Crippen LogP) is 1.50. The Balaban J connectivity index is 0.00000441. The summed E-state index contributed by atoms with van der Waals surface area (Å²) in [6.45, 7) is 5.37. The van der Waals surface area contributed by atoms with Gasteiger partial charge in [0, 0.05) is 31.5 Å². The van der Waals surface area contributed by atoms with Crippen molar-refractivity contribution in [3.8, 4) is 0 Å². The minimum absolute atomic E-state index is 0. The van der Waals surface area contributed by atoms with E-state index in [1.54, 1.807) is 29.2 Å². The van der Waals surface area contributed by atoms with Crippen LogP contribution in [-0.2, 0) is 9.53 Å². The Hall–Kier alpha value is -1.63. The van der Waals surface area contributed by atoms with E-state index < -0.39 is 6.04 Å². The molecule has 0 aliphatic carbocycles. The number of carbonyl (C=O) groups excluding carboxylic acids is 2. The van der Waals surface area contributed by atoms with Gasteiger partial charge in [-0.3, -0.25) is 9.59 Å². The molecule has 0 heterocycles. The third-order valence-electron chi connectivity index (χ3n) is 3.13. The van der Waals surface area contributed by atoms with Crippen molar-refractivity contribution >= 4 is 29.9 Å². The second-order valence-electron chi connectivity index (χ2n) is 4.61. The minimum atomic E-state index is -0.716. The lowest BCUT2D eigenvalue weighted by Crippen LogP contribution is -2.39. The van der Waals surface area contributed by atoms with E-state index in [0.717, 1.165) is 0 Å². The summed E-state index contributed by atoms with van der Waals surface area (Å²) in [5.74, 6) is -0.339. The largest absolute Gasteiger partial charge is 0.383 e. The zero-order valence-corrected chi connectivity index (χ0v) is 14.0. The molecule has 6 nitrogen and oxygen atoms in total. The average molecular weight is 330 g/mol. The quantitative estimate of drug-likeness (QED) is 0.794. The molecule has 0 saturated heterocycles. The molecule has 0 spiro atoms. The van der Waals surface area contributed by atoms with E-state index >= 15 is 0 Å². The minimum Gasteiger partial charge on any atom is -0.383 e. The van der Waals surface area contributed by atoms with E-state index in [4.69, 9.17) is 10.5 Å². The molecule has 1 atom stereocenters. The van der Waals surface area contributed by atoms with Gasteiger partial charge in [0.15, 0.2) is 0 Å². The molecule has 0 bridgehead atoms. The average Bonchev–Trinajstić information content (AvgIpc) is 2.49. The van der Waals surface area contributed by atoms with Gasteiger partial charge in [-0.05, 0) is 38.1 Å². The lowest BCUT2D eigenvalue weighted by atomic mass is 10.1. The van der Waals surface area contributed by atoms with Crippen LogP contribution >= 0.6 is 12.4 Å². The van der Waals surface area contributed by atoms with Crippen molar-refractivity contribution in [1.82, 2.24) is 4.90 Å². The van der Waals surface area contributed by atoms with E-state index in [0.29, 0.717) is 24.3 Å². The van der Waals surface area contributed by atoms with Gasteiger partial charge in [0.1, 0.15) is 6.04 Å². The Morgan fingerprint density at radius 3 is 2.23 bits per heavy atom. The molecular formula is C15H24ClN3O3. The molecule has 0 fully saturated rings. The molecule has 124 valence electrons. The second kappa shape index (κ2) is 10.2. The van der Waals surface area contributed by atoms with Crippen molar-refractivity contribution < 1.29 is 14.3 Å². The SMILES string of the molecule is CCN(CC)C(=O)c1ccc(NC(=O)C(N)COC)cc1.Cl. The van der Waals surface area contributed by atoms with E-state index in [-0.39, 0.29) is 30.8 Å². The summed E-state index contributed by atoms with van der Waals surface area (Å²) in [4.78, 5) is 25.6. The fourth-order valence-corrected chi connectivity index (χ4v) is 1.88. The predicted molar refractivity (Wildman–Crippen MR) is 89.4 cm³/mol. The molecule has 1 unspecified atom stereocenters. The molecule has 0 aliphatic rings. The van der Waals surface area contributed by atoms with Gasteiger partial charge in [-0.2, -0.15) is 0 Å². The van der Waals surface area contributed by atoms with Crippen molar-refractivity contribution in [2.24, 2.45) is 5.73 Å². The Kier molecular flexibility index (Phi) is 9.40. The Bertz CT molecular complexity index is 475. The van der Waals surface area contributed by atoms with Crippen LogP contribution in [0.15, 0.2) is 24.3 Å². The van der Waals surface area contributed by atoms with Crippen LogP contribution in [0.2, 0.25) is 0 Å². The van der Waals surface area contributed by atoms with Crippen molar-refractivity contribution in [1.29, 1.82) is 0 Å². The molecule has 0 aliphatic heterocycles. The zero-order chi connectivity index (χ0) is 15.8. The van der Waals surface area contributed by atoms with Crippen LogP contribution in [0.4, 0.5) is 5.69 Å². The number of nitrogens with two attached hydrogens (primary N) is 1. The first-order chi connectivity index (χ1) is 10.0. The first kappa shape index (κ1) is 20.4.